The fourth-order valence-electron chi connectivity index (χ4n) is 2.31. The molecule has 1 amide bonds. The SMILES string of the molecule is Cc1cc(C)cc(CNCCCC(=O)NC2CC2)c1. The first kappa shape index (κ1) is 14.1. The highest BCUT2D eigenvalue weighted by Gasteiger charge is 2.22. The summed E-state index contributed by atoms with van der Waals surface area (Å²) in [6.45, 7) is 6.02. The number of carbonyl (C=O) groups excluding carboxylic acids is 1. The lowest BCUT2D eigenvalue weighted by Crippen LogP contribution is -2.26. The number of rotatable bonds is 7. The molecule has 1 saturated carbocycles. The van der Waals surface area contributed by atoms with Gasteiger partial charge in [-0.05, 0) is 45.2 Å². The Hall–Kier alpha value is -1.35. The molecular formula is C16H24N2O. The van der Waals surface area contributed by atoms with Crippen LogP contribution in [0.15, 0.2) is 18.2 Å². The number of hydrogen-bond acceptors (Lipinski definition) is 2. The molecule has 0 aliphatic heterocycles. The summed E-state index contributed by atoms with van der Waals surface area (Å²) in [7, 11) is 0. The fourth-order valence-corrected chi connectivity index (χ4v) is 2.31. The normalized spacial score (nSPS) is 14.4. The van der Waals surface area contributed by atoms with Gasteiger partial charge in [-0.1, -0.05) is 29.3 Å². The first-order valence-corrected chi connectivity index (χ1v) is 7.21. The number of hydrogen-bond donors (Lipinski definition) is 2. The van der Waals surface area contributed by atoms with Gasteiger partial charge >= 0.3 is 0 Å². The van der Waals surface area contributed by atoms with Gasteiger partial charge in [-0.2, -0.15) is 0 Å². The van der Waals surface area contributed by atoms with Crippen molar-refractivity contribution in [2.24, 2.45) is 0 Å². The molecule has 0 saturated heterocycles. The lowest BCUT2D eigenvalue weighted by molar-refractivity contribution is -0.121. The predicted molar refractivity (Wildman–Crippen MR) is 78.0 cm³/mol. The maximum atomic E-state index is 11.5. The third kappa shape index (κ3) is 5.43. The van der Waals surface area contributed by atoms with Gasteiger partial charge in [0.25, 0.3) is 0 Å². The number of amides is 1. The van der Waals surface area contributed by atoms with Gasteiger partial charge in [0.1, 0.15) is 0 Å². The van der Waals surface area contributed by atoms with Crippen molar-refractivity contribution < 1.29 is 4.79 Å². The maximum Gasteiger partial charge on any atom is 0.220 e. The van der Waals surface area contributed by atoms with Gasteiger partial charge in [-0.3, -0.25) is 4.79 Å². The monoisotopic (exact) mass is 260 g/mol. The molecule has 104 valence electrons. The van der Waals surface area contributed by atoms with Crippen molar-refractivity contribution in [1.29, 1.82) is 0 Å². The Balaban J connectivity index is 1.59. The van der Waals surface area contributed by atoms with Gasteiger partial charge in [-0.25, -0.2) is 0 Å². The average Bonchev–Trinajstić information content (AvgIpc) is 3.11. The molecule has 3 heteroatoms. The molecule has 2 N–H and O–H groups in total. The van der Waals surface area contributed by atoms with Crippen LogP contribution in [-0.4, -0.2) is 18.5 Å². The summed E-state index contributed by atoms with van der Waals surface area (Å²) < 4.78 is 0. The summed E-state index contributed by atoms with van der Waals surface area (Å²) in [6, 6.07) is 7.08. The first-order valence-electron chi connectivity index (χ1n) is 7.21. The molecule has 1 aromatic rings. The molecule has 0 bridgehead atoms. The zero-order chi connectivity index (χ0) is 13.7. The molecule has 3 nitrogen and oxygen atoms in total. The summed E-state index contributed by atoms with van der Waals surface area (Å²) >= 11 is 0. The van der Waals surface area contributed by atoms with Gasteiger partial charge in [0, 0.05) is 19.0 Å². The van der Waals surface area contributed by atoms with E-state index in [2.05, 4.69) is 42.7 Å². The average molecular weight is 260 g/mol. The predicted octanol–water partition coefficient (Wildman–Crippen LogP) is 2.45. The van der Waals surface area contributed by atoms with Crippen LogP contribution in [0.4, 0.5) is 0 Å². The zero-order valence-electron chi connectivity index (χ0n) is 12.0. The van der Waals surface area contributed by atoms with Gasteiger partial charge in [-0.15, -0.1) is 0 Å². The van der Waals surface area contributed by atoms with Crippen LogP contribution in [0.5, 0.6) is 0 Å². The fraction of sp³-hybridized carbons (Fsp3) is 0.562. The Kier molecular flexibility index (Phi) is 4.97. The minimum absolute atomic E-state index is 0.204. The Labute approximate surface area is 115 Å². The number of carbonyl (C=O) groups is 1. The number of aryl methyl sites for hydroxylation is 2. The van der Waals surface area contributed by atoms with E-state index in [1.54, 1.807) is 0 Å². The largest absolute Gasteiger partial charge is 0.353 e. The second-order valence-corrected chi connectivity index (χ2v) is 5.62. The van der Waals surface area contributed by atoms with Crippen molar-refractivity contribution in [3.8, 4) is 0 Å². The standard InChI is InChI=1S/C16H24N2O/c1-12-8-13(2)10-14(9-12)11-17-7-3-4-16(19)18-15-5-6-15/h8-10,15,17H,3-7,11H2,1-2H3,(H,18,19). The van der Waals surface area contributed by atoms with E-state index >= 15 is 0 Å². The molecular weight excluding hydrogens is 236 g/mol. The van der Waals surface area contributed by atoms with Crippen LogP contribution >= 0.6 is 0 Å². The quantitative estimate of drug-likeness (QED) is 0.739. The smallest absolute Gasteiger partial charge is 0.220 e. The summed E-state index contributed by atoms with van der Waals surface area (Å²) in [6.07, 6.45) is 3.87. The molecule has 0 atom stereocenters. The van der Waals surface area contributed by atoms with Crippen LogP contribution in [0.25, 0.3) is 0 Å². The highest BCUT2D eigenvalue weighted by atomic mass is 16.1. The van der Waals surface area contributed by atoms with E-state index in [9.17, 15) is 4.79 Å². The lowest BCUT2D eigenvalue weighted by atomic mass is 10.1. The van der Waals surface area contributed by atoms with E-state index in [-0.39, 0.29) is 5.91 Å². The molecule has 19 heavy (non-hydrogen) atoms. The molecule has 0 radical (unpaired) electrons. The first-order chi connectivity index (χ1) is 9.13. The highest BCUT2D eigenvalue weighted by molar-refractivity contribution is 5.76. The van der Waals surface area contributed by atoms with Crippen molar-refractivity contribution in [3.05, 3.63) is 34.9 Å². The van der Waals surface area contributed by atoms with Gasteiger partial charge in [0.05, 0.1) is 0 Å². The van der Waals surface area contributed by atoms with E-state index in [1.807, 2.05) is 0 Å². The van der Waals surface area contributed by atoms with Gasteiger partial charge < -0.3 is 10.6 Å². The minimum atomic E-state index is 0.204. The summed E-state index contributed by atoms with van der Waals surface area (Å²) in [5, 5.41) is 6.41. The molecule has 0 spiro atoms. The van der Waals surface area contributed by atoms with Crippen LogP contribution < -0.4 is 10.6 Å². The van der Waals surface area contributed by atoms with Gasteiger partial charge in [0.2, 0.25) is 5.91 Å². The van der Waals surface area contributed by atoms with Crippen molar-refractivity contribution in [2.75, 3.05) is 6.54 Å². The molecule has 2 rings (SSSR count). The lowest BCUT2D eigenvalue weighted by Gasteiger charge is -2.07. The Bertz CT molecular complexity index is 418. The van der Waals surface area contributed by atoms with E-state index < -0.39 is 0 Å². The van der Waals surface area contributed by atoms with E-state index in [0.717, 1.165) is 32.4 Å². The Morgan fingerprint density at radius 1 is 1.21 bits per heavy atom. The molecule has 0 aromatic heterocycles. The number of benzene rings is 1. The van der Waals surface area contributed by atoms with Crippen LogP contribution in [-0.2, 0) is 11.3 Å². The molecule has 1 fully saturated rings. The molecule has 1 aliphatic rings. The molecule has 0 unspecified atom stereocenters. The summed E-state index contributed by atoms with van der Waals surface area (Å²) in [5.41, 5.74) is 3.93. The van der Waals surface area contributed by atoms with Crippen LogP contribution in [0.2, 0.25) is 0 Å². The summed E-state index contributed by atoms with van der Waals surface area (Å²) in [5.74, 6) is 0.204. The van der Waals surface area contributed by atoms with E-state index in [0.29, 0.717) is 12.5 Å². The van der Waals surface area contributed by atoms with Crippen molar-refractivity contribution in [1.82, 2.24) is 10.6 Å². The Morgan fingerprint density at radius 2 is 1.89 bits per heavy atom. The van der Waals surface area contributed by atoms with Crippen molar-refractivity contribution in [3.63, 3.8) is 0 Å². The van der Waals surface area contributed by atoms with E-state index in [4.69, 9.17) is 0 Å². The van der Waals surface area contributed by atoms with Crippen molar-refractivity contribution in [2.45, 2.75) is 52.1 Å². The second kappa shape index (κ2) is 6.71. The number of nitrogens with one attached hydrogen (secondary N) is 2. The third-order valence-corrected chi connectivity index (χ3v) is 3.31. The van der Waals surface area contributed by atoms with Crippen LogP contribution in [0, 0.1) is 13.8 Å². The zero-order valence-corrected chi connectivity index (χ0v) is 12.0. The third-order valence-electron chi connectivity index (χ3n) is 3.31. The molecule has 1 aliphatic carbocycles. The van der Waals surface area contributed by atoms with Gasteiger partial charge in [0.15, 0.2) is 0 Å². The van der Waals surface area contributed by atoms with Crippen LogP contribution in [0.1, 0.15) is 42.4 Å². The maximum absolute atomic E-state index is 11.5. The second-order valence-electron chi connectivity index (χ2n) is 5.62. The Morgan fingerprint density at radius 3 is 2.53 bits per heavy atom. The van der Waals surface area contributed by atoms with Crippen LogP contribution in [0.3, 0.4) is 0 Å². The van der Waals surface area contributed by atoms with Crippen molar-refractivity contribution >= 4 is 5.91 Å². The minimum Gasteiger partial charge on any atom is -0.353 e. The summed E-state index contributed by atoms with van der Waals surface area (Å²) in [4.78, 5) is 11.5. The highest BCUT2D eigenvalue weighted by Crippen LogP contribution is 2.18. The van der Waals surface area contributed by atoms with E-state index in [1.165, 1.54) is 16.7 Å². The molecule has 0 heterocycles. The molecule has 1 aromatic carbocycles. The topological polar surface area (TPSA) is 41.1 Å².